The largest absolute Gasteiger partial charge is 0.387 e. The van der Waals surface area contributed by atoms with E-state index in [9.17, 15) is 13.9 Å². The van der Waals surface area contributed by atoms with Crippen molar-refractivity contribution in [1.82, 2.24) is 9.80 Å². The highest BCUT2D eigenvalue weighted by atomic mass is 19.2. The number of β-amino-alcohol motifs (C(OH)–C–C–N with tert-alkyl or cyclic N) is 1. The number of hydrogen-bond acceptors (Lipinski definition) is 4. The van der Waals surface area contributed by atoms with Gasteiger partial charge in [0.2, 0.25) is 0 Å². The minimum Gasteiger partial charge on any atom is -0.387 e. The second kappa shape index (κ2) is 8.34. The van der Waals surface area contributed by atoms with Crippen molar-refractivity contribution in [2.45, 2.75) is 31.4 Å². The van der Waals surface area contributed by atoms with Crippen molar-refractivity contribution in [3.63, 3.8) is 0 Å². The normalized spacial score (nSPS) is 24.9. The average Bonchev–Trinajstić information content (AvgIpc) is 2.60. The molecule has 0 bridgehead atoms. The summed E-state index contributed by atoms with van der Waals surface area (Å²) in [7, 11) is 0. The minimum absolute atomic E-state index is 0.400. The van der Waals surface area contributed by atoms with Crippen LogP contribution in [0.5, 0.6) is 0 Å². The van der Waals surface area contributed by atoms with Crippen LogP contribution < -0.4 is 0 Å². The van der Waals surface area contributed by atoms with Gasteiger partial charge in [-0.15, -0.1) is 0 Å². The Bertz CT molecular complexity index is 538. The lowest BCUT2D eigenvalue weighted by atomic mass is 9.99. The van der Waals surface area contributed by atoms with Crippen LogP contribution in [0.25, 0.3) is 0 Å². The number of aliphatic hydroxyl groups excluding tert-OH is 1. The van der Waals surface area contributed by atoms with E-state index >= 15 is 0 Å². The molecule has 0 amide bonds. The molecule has 0 aliphatic carbocycles. The van der Waals surface area contributed by atoms with Crippen molar-refractivity contribution in [3.8, 4) is 0 Å². The fourth-order valence-corrected chi connectivity index (χ4v) is 3.64. The molecule has 0 saturated carbocycles. The number of piperidine rings is 1. The zero-order valence-electron chi connectivity index (χ0n) is 14.0. The molecule has 2 aliphatic heterocycles. The molecule has 2 saturated heterocycles. The Labute approximate surface area is 142 Å². The Morgan fingerprint density at radius 3 is 2.67 bits per heavy atom. The maximum Gasteiger partial charge on any atom is 0.159 e. The molecule has 1 N–H and O–H groups in total. The van der Waals surface area contributed by atoms with Crippen LogP contribution in [0, 0.1) is 11.6 Å². The van der Waals surface area contributed by atoms with Gasteiger partial charge in [-0.3, -0.25) is 9.80 Å². The number of nitrogens with zero attached hydrogens (tertiary/aromatic N) is 2. The molecule has 0 aromatic heterocycles. The topological polar surface area (TPSA) is 35.9 Å². The molecule has 0 radical (unpaired) electrons. The van der Waals surface area contributed by atoms with Gasteiger partial charge in [-0.25, -0.2) is 8.78 Å². The van der Waals surface area contributed by atoms with E-state index < -0.39 is 17.7 Å². The van der Waals surface area contributed by atoms with Crippen LogP contribution in [0.3, 0.4) is 0 Å². The van der Waals surface area contributed by atoms with Crippen molar-refractivity contribution < 1.29 is 18.6 Å². The van der Waals surface area contributed by atoms with Gasteiger partial charge >= 0.3 is 0 Å². The van der Waals surface area contributed by atoms with Crippen molar-refractivity contribution in [2.75, 3.05) is 45.9 Å². The van der Waals surface area contributed by atoms with Gasteiger partial charge < -0.3 is 9.84 Å². The fraction of sp³-hybridized carbons (Fsp3) is 0.667. The molecule has 2 unspecified atom stereocenters. The number of aliphatic hydroxyl groups is 1. The molecule has 24 heavy (non-hydrogen) atoms. The number of likely N-dealkylation sites (tertiary alicyclic amines) is 1. The molecule has 2 atom stereocenters. The van der Waals surface area contributed by atoms with Crippen molar-refractivity contribution in [1.29, 1.82) is 0 Å². The van der Waals surface area contributed by atoms with Crippen molar-refractivity contribution in [2.24, 2.45) is 0 Å². The quantitative estimate of drug-likeness (QED) is 0.891. The Morgan fingerprint density at radius 2 is 1.92 bits per heavy atom. The second-order valence-electron chi connectivity index (χ2n) is 6.75. The molecule has 1 aromatic rings. The lowest BCUT2D eigenvalue weighted by molar-refractivity contribution is 0.00669. The molecule has 2 heterocycles. The van der Waals surface area contributed by atoms with E-state index in [0.717, 1.165) is 64.4 Å². The monoisotopic (exact) mass is 340 g/mol. The number of halogens is 2. The lowest BCUT2D eigenvalue weighted by Gasteiger charge is -2.40. The van der Waals surface area contributed by atoms with Crippen LogP contribution in [0.1, 0.15) is 30.9 Å². The Kier molecular flexibility index (Phi) is 6.16. The fourth-order valence-electron chi connectivity index (χ4n) is 3.64. The number of morpholine rings is 1. The van der Waals surface area contributed by atoms with Crippen LogP contribution in [0.15, 0.2) is 18.2 Å². The first-order chi connectivity index (χ1) is 11.6. The first kappa shape index (κ1) is 17.7. The highest BCUT2D eigenvalue weighted by Crippen LogP contribution is 2.23. The summed E-state index contributed by atoms with van der Waals surface area (Å²) in [6.45, 7) is 5.85. The molecule has 2 fully saturated rings. The van der Waals surface area contributed by atoms with Crippen LogP contribution in [0.4, 0.5) is 8.78 Å². The van der Waals surface area contributed by atoms with Gasteiger partial charge in [0, 0.05) is 32.2 Å². The summed E-state index contributed by atoms with van der Waals surface area (Å²) in [6.07, 6.45) is 2.63. The summed E-state index contributed by atoms with van der Waals surface area (Å²) in [5.41, 5.74) is 0.435. The van der Waals surface area contributed by atoms with E-state index in [0.29, 0.717) is 18.2 Å². The predicted octanol–water partition coefficient (Wildman–Crippen LogP) is 2.18. The van der Waals surface area contributed by atoms with Crippen molar-refractivity contribution in [3.05, 3.63) is 35.4 Å². The zero-order valence-corrected chi connectivity index (χ0v) is 14.0. The van der Waals surface area contributed by atoms with Gasteiger partial charge in [0.15, 0.2) is 11.6 Å². The maximum atomic E-state index is 13.4. The second-order valence-corrected chi connectivity index (χ2v) is 6.75. The number of ether oxygens (including phenoxy) is 1. The van der Waals surface area contributed by atoms with Gasteiger partial charge in [0.05, 0.1) is 19.3 Å². The first-order valence-electron chi connectivity index (χ1n) is 8.80. The van der Waals surface area contributed by atoms with E-state index in [2.05, 4.69) is 9.80 Å². The van der Waals surface area contributed by atoms with Crippen LogP contribution >= 0.6 is 0 Å². The summed E-state index contributed by atoms with van der Waals surface area (Å²) < 4.78 is 31.8. The van der Waals surface area contributed by atoms with E-state index in [1.54, 1.807) is 0 Å². The van der Waals surface area contributed by atoms with Gasteiger partial charge in [0.25, 0.3) is 0 Å². The third kappa shape index (κ3) is 4.51. The smallest absolute Gasteiger partial charge is 0.159 e. The summed E-state index contributed by atoms with van der Waals surface area (Å²) in [6, 6.07) is 4.04. The molecule has 3 rings (SSSR count). The Morgan fingerprint density at radius 1 is 1.12 bits per heavy atom. The third-order valence-corrected chi connectivity index (χ3v) is 5.06. The summed E-state index contributed by atoms with van der Waals surface area (Å²) in [4.78, 5) is 4.71. The maximum absolute atomic E-state index is 13.4. The van der Waals surface area contributed by atoms with E-state index in [1.807, 2.05) is 0 Å². The molecule has 0 spiro atoms. The van der Waals surface area contributed by atoms with E-state index in [-0.39, 0.29) is 0 Å². The first-order valence-corrected chi connectivity index (χ1v) is 8.80. The summed E-state index contributed by atoms with van der Waals surface area (Å²) in [5, 5.41) is 10.4. The van der Waals surface area contributed by atoms with E-state index in [4.69, 9.17) is 4.74 Å². The Hall–Kier alpha value is -1.08. The predicted molar refractivity (Wildman–Crippen MR) is 87.8 cm³/mol. The van der Waals surface area contributed by atoms with Crippen molar-refractivity contribution >= 4 is 0 Å². The van der Waals surface area contributed by atoms with Crippen LogP contribution in [0.2, 0.25) is 0 Å². The molecular weight excluding hydrogens is 314 g/mol. The van der Waals surface area contributed by atoms with Gasteiger partial charge in [-0.2, -0.15) is 0 Å². The van der Waals surface area contributed by atoms with Crippen LogP contribution in [-0.2, 0) is 4.74 Å². The average molecular weight is 340 g/mol. The number of hydrogen-bond donors (Lipinski definition) is 1. The molecule has 2 aliphatic rings. The molecule has 134 valence electrons. The minimum atomic E-state index is -0.907. The standard InChI is InChI=1S/C18H26F2N2O2/c19-16-5-4-14(11-17(16)20)18(23)13-22-6-2-1-3-15(22)12-21-7-9-24-10-8-21/h4-5,11,15,18,23H,1-3,6-10,12-13H2. The van der Waals surface area contributed by atoms with Crippen LogP contribution in [-0.4, -0.2) is 66.9 Å². The SMILES string of the molecule is OC(CN1CCCCC1CN1CCOCC1)c1ccc(F)c(F)c1. The summed E-state index contributed by atoms with van der Waals surface area (Å²) >= 11 is 0. The Balaban J connectivity index is 1.60. The highest BCUT2D eigenvalue weighted by Gasteiger charge is 2.27. The summed E-state index contributed by atoms with van der Waals surface area (Å²) in [5.74, 6) is -1.79. The van der Waals surface area contributed by atoms with Gasteiger partial charge in [0.1, 0.15) is 0 Å². The number of benzene rings is 1. The zero-order chi connectivity index (χ0) is 16.9. The molecule has 6 heteroatoms. The molecule has 1 aromatic carbocycles. The van der Waals surface area contributed by atoms with E-state index in [1.165, 1.54) is 12.5 Å². The molecule has 4 nitrogen and oxygen atoms in total. The van der Waals surface area contributed by atoms with Gasteiger partial charge in [-0.05, 0) is 37.1 Å². The number of rotatable bonds is 5. The lowest BCUT2D eigenvalue weighted by Crippen LogP contribution is -2.50. The molecular formula is C18H26F2N2O2. The third-order valence-electron chi connectivity index (χ3n) is 5.06. The van der Waals surface area contributed by atoms with Gasteiger partial charge in [-0.1, -0.05) is 12.5 Å². The highest BCUT2D eigenvalue weighted by molar-refractivity contribution is 5.20.